The highest BCUT2D eigenvalue weighted by Gasteiger charge is 2.40. The second-order valence-corrected chi connectivity index (χ2v) is 3.27. The monoisotopic (exact) mass is 244 g/mol. The van der Waals surface area contributed by atoms with Crippen LogP contribution in [0.25, 0.3) is 11.0 Å². The Balaban J connectivity index is 2.59. The van der Waals surface area contributed by atoms with Crippen LogP contribution in [0.4, 0.5) is 13.2 Å². The van der Waals surface area contributed by atoms with Gasteiger partial charge in [0.15, 0.2) is 0 Å². The molecule has 0 amide bonds. The van der Waals surface area contributed by atoms with Gasteiger partial charge in [0.2, 0.25) is 0 Å². The summed E-state index contributed by atoms with van der Waals surface area (Å²) in [6.45, 7) is 0. The van der Waals surface area contributed by atoms with Gasteiger partial charge >= 0.3 is 12.1 Å². The number of nitrogens with zero attached hydrogens (tertiary/aromatic N) is 2. The summed E-state index contributed by atoms with van der Waals surface area (Å²) in [5, 5.41) is 0. The van der Waals surface area contributed by atoms with Crippen LogP contribution in [0.5, 0.6) is 5.75 Å². The SMILES string of the molecule is COc1ccc2ncn(C(=O)C(F)(F)F)c2c1. The van der Waals surface area contributed by atoms with Gasteiger partial charge in [-0.15, -0.1) is 0 Å². The summed E-state index contributed by atoms with van der Waals surface area (Å²) >= 11 is 0. The fraction of sp³-hybridized carbons (Fsp3) is 0.200. The average molecular weight is 244 g/mol. The largest absolute Gasteiger partial charge is 0.497 e. The lowest BCUT2D eigenvalue weighted by molar-refractivity contribution is -0.0943. The van der Waals surface area contributed by atoms with Crippen LogP contribution in [-0.4, -0.2) is 28.7 Å². The number of hydrogen-bond acceptors (Lipinski definition) is 3. The molecule has 2 aromatic rings. The highest BCUT2D eigenvalue weighted by atomic mass is 19.4. The van der Waals surface area contributed by atoms with E-state index in [1.54, 1.807) is 6.07 Å². The molecule has 0 aliphatic carbocycles. The molecule has 1 aromatic heterocycles. The number of rotatable bonds is 1. The van der Waals surface area contributed by atoms with Gasteiger partial charge in [0.25, 0.3) is 0 Å². The van der Waals surface area contributed by atoms with Crippen molar-refractivity contribution in [1.29, 1.82) is 0 Å². The second kappa shape index (κ2) is 3.76. The van der Waals surface area contributed by atoms with E-state index in [1.165, 1.54) is 19.2 Å². The molecule has 90 valence electrons. The van der Waals surface area contributed by atoms with Crippen molar-refractivity contribution in [3.8, 4) is 5.75 Å². The van der Waals surface area contributed by atoms with Crippen molar-refractivity contribution in [2.24, 2.45) is 0 Å². The first kappa shape index (κ1) is 11.4. The van der Waals surface area contributed by atoms with Gasteiger partial charge in [-0.3, -0.25) is 9.36 Å². The third kappa shape index (κ3) is 1.95. The van der Waals surface area contributed by atoms with E-state index in [0.29, 0.717) is 15.8 Å². The smallest absolute Gasteiger partial charge is 0.472 e. The van der Waals surface area contributed by atoms with E-state index in [4.69, 9.17) is 4.74 Å². The lowest BCUT2D eigenvalue weighted by Gasteiger charge is -2.06. The van der Waals surface area contributed by atoms with Crippen molar-refractivity contribution in [2.45, 2.75) is 6.18 Å². The molecule has 0 radical (unpaired) electrons. The zero-order valence-electron chi connectivity index (χ0n) is 8.65. The molecule has 1 aromatic carbocycles. The Kier molecular flexibility index (Phi) is 2.53. The van der Waals surface area contributed by atoms with E-state index in [0.717, 1.165) is 6.33 Å². The number of aromatic nitrogens is 2. The number of benzene rings is 1. The van der Waals surface area contributed by atoms with Gasteiger partial charge in [-0.2, -0.15) is 13.2 Å². The number of ether oxygens (including phenoxy) is 1. The normalized spacial score (nSPS) is 11.8. The van der Waals surface area contributed by atoms with Crippen molar-refractivity contribution >= 4 is 16.9 Å². The highest BCUT2D eigenvalue weighted by molar-refractivity contribution is 5.93. The molecule has 0 bridgehead atoms. The zero-order valence-corrected chi connectivity index (χ0v) is 8.65. The summed E-state index contributed by atoms with van der Waals surface area (Å²) in [6, 6.07) is 4.36. The van der Waals surface area contributed by atoms with Crippen LogP contribution in [0.1, 0.15) is 4.79 Å². The summed E-state index contributed by atoms with van der Waals surface area (Å²) in [5.41, 5.74) is 0.357. The van der Waals surface area contributed by atoms with Gasteiger partial charge in [0.1, 0.15) is 12.1 Å². The molecule has 0 spiro atoms. The minimum Gasteiger partial charge on any atom is -0.497 e. The number of methoxy groups -OCH3 is 1. The van der Waals surface area contributed by atoms with Crippen molar-refractivity contribution < 1.29 is 22.7 Å². The molecule has 4 nitrogen and oxygen atoms in total. The Bertz CT molecular complexity index is 574. The first-order valence-corrected chi connectivity index (χ1v) is 4.56. The van der Waals surface area contributed by atoms with Crippen LogP contribution in [0.15, 0.2) is 24.5 Å². The molecule has 0 aliphatic heterocycles. The lowest BCUT2D eigenvalue weighted by Crippen LogP contribution is -2.28. The van der Waals surface area contributed by atoms with Gasteiger partial charge in [-0.05, 0) is 12.1 Å². The van der Waals surface area contributed by atoms with E-state index in [-0.39, 0.29) is 5.52 Å². The van der Waals surface area contributed by atoms with Crippen LogP contribution in [0, 0.1) is 0 Å². The van der Waals surface area contributed by atoms with E-state index < -0.39 is 12.1 Å². The van der Waals surface area contributed by atoms with Crippen molar-refractivity contribution in [3.63, 3.8) is 0 Å². The van der Waals surface area contributed by atoms with Gasteiger partial charge in [-0.1, -0.05) is 0 Å². The molecule has 2 rings (SSSR count). The first-order chi connectivity index (χ1) is 7.93. The number of halogens is 3. The summed E-state index contributed by atoms with van der Waals surface area (Å²) in [7, 11) is 1.38. The van der Waals surface area contributed by atoms with Crippen LogP contribution in [-0.2, 0) is 0 Å². The van der Waals surface area contributed by atoms with Crippen LogP contribution < -0.4 is 4.74 Å². The standard InChI is InChI=1S/C10H7F3N2O2/c1-17-6-2-3-7-8(4-6)15(5-14-7)9(16)10(11,12)13/h2-5H,1H3. The van der Waals surface area contributed by atoms with Crippen molar-refractivity contribution in [3.05, 3.63) is 24.5 Å². The summed E-state index contributed by atoms with van der Waals surface area (Å²) in [6.07, 6.45) is -4.09. The molecule has 0 fully saturated rings. The molecular formula is C10H7F3N2O2. The third-order valence-electron chi connectivity index (χ3n) is 2.22. The average Bonchev–Trinajstić information content (AvgIpc) is 2.69. The fourth-order valence-corrected chi connectivity index (χ4v) is 1.41. The van der Waals surface area contributed by atoms with Gasteiger partial charge < -0.3 is 4.74 Å². The Morgan fingerprint density at radius 3 is 2.71 bits per heavy atom. The van der Waals surface area contributed by atoms with Gasteiger partial charge in [0.05, 0.1) is 18.1 Å². The van der Waals surface area contributed by atoms with Gasteiger partial charge in [0, 0.05) is 6.07 Å². The van der Waals surface area contributed by atoms with Crippen LogP contribution in [0.2, 0.25) is 0 Å². The Morgan fingerprint density at radius 1 is 1.41 bits per heavy atom. The first-order valence-electron chi connectivity index (χ1n) is 4.56. The molecule has 0 aliphatic rings. The molecule has 0 saturated carbocycles. The minimum absolute atomic E-state index is 0.0617. The molecule has 0 unspecified atom stereocenters. The molecule has 0 atom stereocenters. The number of hydrogen-bond donors (Lipinski definition) is 0. The zero-order chi connectivity index (χ0) is 12.6. The molecule has 0 N–H and O–H groups in total. The lowest BCUT2D eigenvalue weighted by atomic mass is 10.3. The molecule has 0 saturated heterocycles. The summed E-state index contributed by atoms with van der Waals surface area (Å²) in [5.74, 6) is -1.62. The number of carbonyl (C=O) groups excluding carboxylic acids is 1. The van der Waals surface area contributed by atoms with Gasteiger partial charge in [-0.25, -0.2) is 4.98 Å². The van der Waals surface area contributed by atoms with E-state index in [1.807, 2.05) is 0 Å². The Morgan fingerprint density at radius 2 is 2.12 bits per heavy atom. The van der Waals surface area contributed by atoms with Crippen molar-refractivity contribution in [2.75, 3.05) is 7.11 Å². The number of fused-ring (bicyclic) bond motifs is 1. The molecule has 17 heavy (non-hydrogen) atoms. The maximum atomic E-state index is 12.3. The second-order valence-electron chi connectivity index (χ2n) is 3.27. The van der Waals surface area contributed by atoms with E-state index in [9.17, 15) is 18.0 Å². The molecule has 7 heteroatoms. The molecular weight excluding hydrogens is 237 g/mol. The van der Waals surface area contributed by atoms with E-state index >= 15 is 0 Å². The number of alkyl halides is 3. The summed E-state index contributed by atoms with van der Waals surface area (Å²) < 4.78 is 42.2. The molecule has 1 heterocycles. The summed E-state index contributed by atoms with van der Waals surface area (Å²) in [4.78, 5) is 14.8. The highest BCUT2D eigenvalue weighted by Crippen LogP contribution is 2.24. The fourth-order valence-electron chi connectivity index (χ4n) is 1.41. The quantitative estimate of drug-likeness (QED) is 0.772. The van der Waals surface area contributed by atoms with E-state index in [2.05, 4.69) is 4.98 Å². The Labute approximate surface area is 93.6 Å². The minimum atomic E-state index is -4.93. The Hall–Kier alpha value is -2.05. The van der Waals surface area contributed by atoms with Crippen molar-refractivity contribution in [1.82, 2.24) is 9.55 Å². The predicted octanol–water partition coefficient (Wildman–Crippen LogP) is 2.25. The topological polar surface area (TPSA) is 44.1 Å². The maximum Gasteiger partial charge on any atom is 0.472 e. The third-order valence-corrected chi connectivity index (χ3v) is 2.22. The maximum absolute atomic E-state index is 12.3. The van der Waals surface area contributed by atoms with Crippen LogP contribution >= 0.6 is 0 Å². The van der Waals surface area contributed by atoms with Crippen LogP contribution in [0.3, 0.4) is 0 Å². The predicted molar refractivity (Wildman–Crippen MR) is 53.0 cm³/mol. The number of imidazole rings is 1. The number of carbonyl (C=O) groups is 1.